The Hall–Kier alpha value is -1.02. The van der Waals surface area contributed by atoms with Crippen LogP contribution in [-0.2, 0) is 0 Å². The number of ether oxygens (including phenoxy) is 1. The van der Waals surface area contributed by atoms with Crippen LogP contribution in [0.3, 0.4) is 0 Å². The Labute approximate surface area is 96.8 Å². The van der Waals surface area contributed by atoms with Crippen LogP contribution in [0, 0.1) is 5.92 Å². The Morgan fingerprint density at radius 3 is 2.75 bits per heavy atom. The summed E-state index contributed by atoms with van der Waals surface area (Å²) in [5.41, 5.74) is 8.87. The average Bonchev–Trinajstić information content (AvgIpc) is 3.10. The van der Waals surface area contributed by atoms with Crippen molar-refractivity contribution in [3.05, 3.63) is 29.3 Å². The Morgan fingerprint density at radius 2 is 2.12 bits per heavy atom. The van der Waals surface area contributed by atoms with Gasteiger partial charge in [-0.15, -0.1) is 0 Å². The lowest BCUT2D eigenvalue weighted by Gasteiger charge is -2.10. The second kappa shape index (κ2) is 3.77. The molecule has 0 radical (unpaired) electrons. The lowest BCUT2D eigenvalue weighted by Crippen LogP contribution is -2.09. The number of rotatable bonds is 3. The van der Waals surface area contributed by atoms with Gasteiger partial charge in [0, 0.05) is 0 Å². The summed E-state index contributed by atoms with van der Waals surface area (Å²) in [5, 5.41) is 0. The van der Waals surface area contributed by atoms with Crippen molar-refractivity contribution in [2.45, 2.75) is 31.1 Å². The van der Waals surface area contributed by atoms with E-state index in [0.717, 1.165) is 24.1 Å². The maximum absolute atomic E-state index is 5.88. The van der Waals surface area contributed by atoms with Crippen LogP contribution in [0.5, 0.6) is 5.75 Å². The second-order valence-corrected chi connectivity index (χ2v) is 5.11. The van der Waals surface area contributed by atoms with Crippen molar-refractivity contribution in [1.29, 1.82) is 0 Å². The molecule has 1 saturated carbocycles. The van der Waals surface area contributed by atoms with Gasteiger partial charge in [-0.3, -0.25) is 0 Å². The Morgan fingerprint density at radius 1 is 1.31 bits per heavy atom. The van der Waals surface area contributed by atoms with Gasteiger partial charge in [-0.1, -0.05) is 6.07 Å². The van der Waals surface area contributed by atoms with Gasteiger partial charge < -0.3 is 10.5 Å². The third kappa shape index (κ3) is 1.52. The van der Waals surface area contributed by atoms with Gasteiger partial charge in [0.15, 0.2) is 0 Å². The van der Waals surface area contributed by atoms with E-state index in [-0.39, 0.29) is 0 Å². The van der Waals surface area contributed by atoms with Crippen LogP contribution in [0.4, 0.5) is 0 Å². The molecule has 0 aromatic heterocycles. The molecule has 86 valence electrons. The summed E-state index contributed by atoms with van der Waals surface area (Å²) < 4.78 is 5.30. The molecule has 0 aliphatic heterocycles. The topological polar surface area (TPSA) is 35.2 Å². The molecule has 3 rings (SSSR count). The number of methoxy groups -OCH3 is 1. The molecule has 0 spiro atoms. The van der Waals surface area contributed by atoms with Crippen LogP contribution in [-0.4, -0.2) is 13.7 Å². The molecular formula is C14H19NO. The van der Waals surface area contributed by atoms with Crippen molar-refractivity contribution >= 4 is 0 Å². The van der Waals surface area contributed by atoms with Crippen molar-refractivity contribution in [1.82, 2.24) is 0 Å². The van der Waals surface area contributed by atoms with Crippen LogP contribution in [0.15, 0.2) is 18.2 Å². The first-order chi connectivity index (χ1) is 7.83. The second-order valence-electron chi connectivity index (χ2n) is 5.11. The normalized spacial score (nSPS) is 27.9. The lowest BCUT2D eigenvalue weighted by molar-refractivity contribution is 0.414. The molecule has 0 heterocycles. The molecule has 1 fully saturated rings. The van der Waals surface area contributed by atoms with Gasteiger partial charge in [-0.05, 0) is 66.8 Å². The van der Waals surface area contributed by atoms with E-state index in [1.807, 2.05) is 0 Å². The summed E-state index contributed by atoms with van der Waals surface area (Å²) in [7, 11) is 1.73. The van der Waals surface area contributed by atoms with Crippen molar-refractivity contribution in [3.8, 4) is 5.75 Å². The fraction of sp³-hybridized carbons (Fsp3) is 0.571. The quantitative estimate of drug-likeness (QED) is 0.844. The molecule has 2 nitrogen and oxygen atoms in total. The SMILES string of the molecule is COc1ccc2c(c1)C(CN)CC2C1CC1. The molecule has 2 unspecified atom stereocenters. The van der Waals surface area contributed by atoms with E-state index in [2.05, 4.69) is 18.2 Å². The van der Waals surface area contributed by atoms with Gasteiger partial charge in [0.05, 0.1) is 7.11 Å². The van der Waals surface area contributed by atoms with Gasteiger partial charge in [-0.25, -0.2) is 0 Å². The fourth-order valence-corrected chi connectivity index (χ4v) is 3.10. The van der Waals surface area contributed by atoms with E-state index in [9.17, 15) is 0 Å². The third-order valence-corrected chi connectivity index (χ3v) is 4.15. The highest BCUT2D eigenvalue weighted by Gasteiger charge is 2.39. The largest absolute Gasteiger partial charge is 0.497 e. The molecule has 2 heteroatoms. The van der Waals surface area contributed by atoms with E-state index < -0.39 is 0 Å². The highest BCUT2D eigenvalue weighted by atomic mass is 16.5. The van der Waals surface area contributed by atoms with Crippen LogP contribution in [0.2, 0.25) is 0 Å². The number of fused-ring (bicyclic) bond motifs is 1. The van der Waals surface area contributed by atoms with Crippen molar-refractivity contribution in [2.75, 3.05) is 13.7 Å². The van der Waals surface area contributed by atoms with Gasteiger partial charge in [0.2, 0.25) is 0 Å². The van der Waals surface area contributed by atoms with Gasteiger partial charge in [0.1, 0.15) is 5.75 Å². The minimum absolute atomic E-state index is 0.552. The van der Waals surface area contributed by atoms with Gasteiger partial charge >= 0.3 is 0 Å². The number of hydrogen-bond donors (Lipinski definition) is 1. The molecule has 0 saturated heterocycles. The van der Waals surface area contributed by atoms with Gasteiger partial charge in [-0.2, -0.15) is 0 Å². The molecule has 2 aliphatic carbocycles. The standard InChI is InChI=1S/C14H19NO/c1-16-11-4-5-12-13(9-2-3-9)6-10(8-15)14(12)7-11/h4-5,7,9-10,13H,2-3,6,8,15H2,1H3. The zero-order valence-electron chi connectivity index (χ0n) is 9.78. The molecule has 16 heavy (non-hydrogen) atoms. The molecule has 0 bridgehead atoms. The Bertz CT molecular complexity index is 398. The zero-order chi connectivity index (χ0) is 11.1. The van der Waals surface area contributed by atoms with Crippen LogP contribution >= 0.6 is 0 Å². The first-order valence-electron chi connectivity index (χ1n) is 6.21. The van der Waals surface area contributed by atoms with Gasteiger partial charge in [0.25, 0.3) is 0 Å². The number of hydrogen-bond acceptors (Lipinski definition) is 2. The lowest BCUT2D eigenvalue weighted by atomic mass is 9.96. The molecule has 1 aromatic carbocycles. The summed E-state index contributed by atoms with van der Waals surface area (Å²) in [4.78, 5) is 0. The molecule has 0 amide bonds. The third-order valence-electron chi connectivity index (χ3n) is 4.15. The van der Waals surface area contributed by atoms with E-state index in [0.29, 0.717) is 5.92 Å². The average molecular weight is 217 g/mol. The summed E-state index contributed by atoms with van der Waals surface area (Å²) in [6.45, 7) is 0.767. The summed E-state index contributed by atoms with van der Waals surface area (Å²) in [5.74, 6) is 3.22. The Balaban J connectivity index is 1.99. The highest BCUT2D eigenvalue weighted by molar-refractivity contribution is 5.44. The fourth-order valence-electron chi connectivity index (χ4n) is 3.10. The molecular weight excluding hydrogens is 198 g/mol. The van der Waals surface area contributed by atoms with Crippen LogP contribution < -0.4 is 10.5 Å². The number of benzene rings is 1. The summed E-state index contributed by atoms with van der Waals surface area (Å²) >= 11 is 0. The summed E-state index contributed by atoms with van der Waals surface area (Å²) in [6, 6.07) is 6.54. The molecule has 1 aromatic rings. The van der Waals surface area contributed by atoms with E-state index >= 15 is 0 Å². The molecule has 2 aliphatic rings. The highest BCUT2D eigenvalue weighted by Crippen LogP contribution is 2.53. The first kappa shape index (κ1) is 10.2. The summed E-state index contributed by atoms with van der Waals surface area (Å²) in [6.07, 6.45) is 4.07. The maximum atomic E-state index is 5.88. The van der Waals surface area contributed by atoms with E-state index in [1.165, 1.54) is 24.8 Å². The zero-order valence-corrected chi connectivity index (χ0v) is 9.78. The molecule has 2 N–H and O–H groups in total. The van der Waals surface area contributed by atoms with E-state index in [4.69, 9.17) is 10.5 Å². The predicted molar refractivity (Wildman–Crippen MR) is 64.9 cm³/mol. The van der Waals surface area contributed by atoms with Crippen molar-refractivity contribution in [2.24, 2.45) is 11.7 Å². The smallest absolute Gasteiger partial charge is 0.119 e. The van der Waals surface area contributed by atoms with Crippen molar-refractivity contribution in [3.63, 3.8) is 0 Å². The predicted octanol–water partition coefficient (Wildman–Crippen LogP) is 2.63. The van der Waals surface area contributed by atoms with Crippen LogP contribution in [0.25, 0.3) is 0 Å². The minimum Gasteiger partial charge on any atom is -0.497 e. The van der Waals surface area contributed by atoms with Crippen molar-refractivity contribution < 1.29 is 4.74 Å². The van der Waals surface area contributed by atoms with Crippen LogP contribution in [0.1, 0.15) is 42.2 Å². The minimum atomic E-state index is 0.552. The molecule has 2 atom stereocenters. The first-order valence-corrected chi connectivity index (χ1v) is 6.21. The monoisotopic (exact) mass is 217 g/mol. The van der Waals surface area contributed by atoms with E-state index in [1.54, 1.807) is 12.7 Å². The maximum Gasteiger partial charge on any atom is 0.119 e. The Kier molecular flexibility index (Phi) is 2.40. The number of nitrogens with two attached hydrogens (primary N) is 1.